The van der Waals surface area contributed by atoms with Crippen molar-refractivity contribution in [2.24, 2.45) is 0 Å². The van der Waals surface area contributed by atoms with Gasteiger partial charge in [-0.3, -0.25) is 4.79 Å². The van der Waals surface area contributed by atoms with Gasteiger partial charge in [-0.05, 0) is 30.4 Å². The minimum atomic E-state index is -4.69. The maximum Gasteiger partial charge on any atom is 0.416 e. The number of dihydropyridines is 1. The van der Waals surface area contributed by atoms with Crippen LogP contribution in [0.5, 0.6) is 0 Å². The molecule has 2 rings (SSSR count). The second-order valence-electron chi connectivity index (χ2n) is 4.24. The van der Waals surface area contributed by atoms with E-state index in [4.69, 9.17) is 0 Å². The van der Waals surface area contributed by atoms with Crippen LogP contribution in [0.4, 0.5) is 17.6 Å². The first-order chi connectivity index (χ1) is 10.3. The summed E-state index contributed by atoms with van der Waals surface area (Å²) in [5.41, 5.74) is -1.52. The molecule has 4 nitrogen and oxygen atoms in total. The number of carbonyl (C=O) groups excluding carboxylic acids is 2. The lowest BCUT2D eigenvalue weighted by atomic mass is 10.1. The molecule has 0 unspecified atom stereocenters. The molecule has 2 N–H and O–H groups in total. The van der Waals surface area contributed by atoms with E-state index in [1.807, 2.05) is 0 Å². The van der Waals surface area contributed by atoms with Crippen LogP contribution in [-0.2, 0) is 11.0 Å². The molecule has 1 aliphatic rings. The predicted octanol–water partition coefficient (Wildman–Crippen LogP) is 2.29. The fourth-order valence-electron chi connectivity index (χ4n) is 1.68. The van der Waals surface area contributed by atoms with Crippen LogP contribution in [0, 0.1) is 5.82 Å². The molecule has 114 valence electrons. The van der Waals surface area contributed by atoms with Crippen LogP contribution in [0.2, 0.25) is 0 Å². The maximum atomic E-state index is 13.6. The summed E-state index contributed by atoms with van der Waals surface area (Å²) in [4.78, 5) is 22.3. The fourth-order valence-corrected chi connectivity index (χ4v) is 1.68. The highest BCUT2D eigenvalue weighted by Gasteiger charge is 2.31. The number of halogens is 4. The maximum absolute atomic E-state index is 13.6. The van der Waals surface area contributed by atoms with Crippen molar-refractivity contribution < 1.29 is 27.2 Å². The Balaban J connectivity index is 2.22. The van der Waals surface area contributed by atoms with Crippen molar-refractivity contribution >= 4 is 11.8 Å². The van der Waals surface area contributed by atoms with E-state index in [0.29, 0.717) is 6.07 Å². The smallest absolute Gasteiger partial charge is 0.353 e. The number of hydrogen-bond donors (Lipinski definition) is 2. The van der Waals surface area contributed by atoms with Crippen LogP contribution in [0.1, 0.15) is 15.9 Å². The SMILES string of the molecule is O=C=C1C=C(NC(=O)c2ccc(C(F)(F)F)cc2F)C=CN1. The lowest BCUT2D eigenvalue weighted by molar-refractivity contribution is -0.137. The number of rotatable bonds is 2. The van der Waals surface area contributed by atoms with Gasteiger partial charge >= 0.3 is 6.18 Å². The molecule has 0 aliphatic carbocycles. The Kier molecular flexibility index (Phi) is 4.14. The molecule has 0 fully saturated rings. The number of benzene rings is 1. The number of alkyl halides is 3. The summed E-state index contributed by atoms with van der Waals surface area (Å²) >= 11 is 0. The molecule has 1 aromatic rings. The Morgan fingerprint density at radius 1 is 1.27 bits per heavy atom. The zero-order valence-corrected chi connectivity index (χ0v) is 10.8. The van der Waals surface area contributed by atoms with Crippen LogP contribution in [0.3, 0.4) is 0 Å². The Bertz CT molecular complexity index is 729. The van der Waals surface area contributed by atoms with Crippen molar-refractivity contribution in [2.75, 3.05) is 0 Å². The van der Waals surface area contributed by atoms with Crippen molar-refractivity contribution in [3.63, 3.8) is 0 Å². The molecule has 1 aromatic carbocycles. The second kappa shape index (κ2) is 5.87. The van der Waals surface area contributed by atoms with Gasteiger partial charge in [0.2, 0.25) is 0 Å². The minimum Gasteiger partial charge on any atom is -0.353 e. The molecule has 8 heteroatoms. The van der Waals surface area contributed by atoms with Gasteiger partial charge in [0.25, 0.3) is 5.91 Å². The molecule has 0 saturated heterocycles. The molecule has 0 radical (unpaired) electrons. The third-order valence-electron chi connectivity index (χ3n) is 2.71. The summed E-state index contributed by atoms with van der Waals surface area (Å²) in [6, 6.07) is 1.61. The third kappa shape index (κ3) is 3.42. The largest absolute Gasteiger partial charge is 0.416 e. The van der Waals surface area contributed by atoms with E-state index in [1.165, 1.54) is 18.4 Å². The standard InChI is InChI=1S/C14H8F4N2O2/c15-12-5-8(14(16,17)18)1-2-11(12)13(22)20-9-3-4-19-10(6-9)7-21/h1-6,19H,(H,20,22). The molecule has 0 aromatic heterocycles. The highest BCUT2D eigenvalue weighted by Crippen LogP contribution is 2.30. The number of carbonyl (C=O) groups is 1. The quantitative estimate of drug-likeness (QED) is 0.651. The first kappa shape index (κ1) is 15.5. The summed E-state index contributed by atoms with van der Waals surface area (Å²) in [6.07, 6.45) is -0.716. The number of hydrogen-bond acceptors (Lipinski definition) is 3. The van der Waals surface area contributed by atoms with Crippen molar-refractivity contribution in [3.8, 4) is 0 Å². The van der Waals surface area contributed by atoms with Gasteiger partial charge in [0.05, 0.1) is 11.1 Å². The van der Waals surface area contributed by atoms with Crippen molar-refractivity contribution in [2.45, 2.75) is 6.18 Å². The molecule has 0 atom stereocenters. The third-order valence-corrected chi connectivity index (χ3v) is 2.71. The monoisotopic (exact) mass is 312 g/mol. The number of amides is 1. The average Bonchev–Trinajstić information content (AvgIpc) is 2.46. The van der Waals surface area contributed by atoms with Crippen molar-refractivity contribution in [1.29, 1.82) is 0 Å². The fraction of sp³-hybridized carbons (Fsp3) is 0.0714. The minimum absolute atomic E-state index is 0.0469. The molecule has 0 spiro atoms. The van der Waals surface area contributed by atoms with E-state index in [2.05, 4.69) is 10.6 Å². The van der Waals surface area contributed by atoms with Gasteiger partial charge in [0.1, 0.15) is 11.5 Å². The summed E-state index contributed by atoms with van der Waals surface area (Å²) in [5.74, 6) is -0.670. The van der Waals surface area contributed by atoms with Gasteiger partial charge in [0, 0.05) is 11.9 Å². The molecule has 0 bridgehead atoms. The van der Waals surface area contributed by atoms with E-state index >= 15 is 0 Å². The first-order valence-corrected chi connectivity index (χ1v) is 5.89. The Morgan fingerprint density at radius 2 is 2.00 bits per heavy atom. The van der Waals surface area contributed by atoms with Crippen LogP contribution in [0.15, 0.2) is 47.9 Å². The Hall–Kier alpha value is -2.86. The Labute approximate surface area is 121 Å². The topological polar surface area (TPSA) is 58.2 Å². The first-order valence-electron chi connectivity index (χ1n) is 5.89. The van der Waals surface area contributed by atoms with Crippen LogP contribution >= 0.6 is 0 Å². The normalized spacial score (nSPS) is 14.0. The summed E-state index contributed by atoms with van der Waals surface area (Å²) < 4.78 is 50.9. The predicted molar refractivity (Wildman–Crippen MR) is 68.4 cm³/mol. The van der Waals surface area contributed by atoms with E-state index in [0.717, 1.165) is 6.07 Å². The summed E-state index contributed by atoms with van der Waals surface area (Å²) in [5, 5.41) is 4.81. The van der Waals surface area contributed by atoms with Crippen LogP contribution in [-0.4, -0.2) is 11.8 Å². The van der Waals surface area contributed by atoms with E-state index in [9.17, 15) is 27.2 Å². The highest BCUT2D eigenvalue weighted by molar-refractivity contribution is 5.96. The van der Waals surface area contributed by atoms with Gasteiger partial charge < -0.3 is 10.6 Å². The van der Waals surface area contributed by atoms with E-state index in [-0.39, 0.29) is 17.5 Å². The number of nitrogens with one attached hydrogen (secondary N) is 2. The molecule has 22 heavy (non-hydrogen) atoms. The molecule has 1 heterocycles. The van der Waals surface area contributed by atoms with Crippen LogP contribution < -0.4 is 10.6 Å². The summed E-state index contributed by atoms with van der Waals surface area (Å²) in [7, 11) is 0. The lowest BCUT2D eigenvalue weighted by Gasteiger charge is -2.12. The van der Waals surface area contributed by atoms with Crippen LogP contribution in [0.25, 0.3) is 0 Å². The molecular weight excluding hydrogens is 304 g/mol. The zero-order valence-electron chi connectivity index (χ0n) is 10.8. The van der Waals surface area contributed by atoms with Crippen molar-refractivity contribution in [1.82, 2.24) is 10.6 Å². The van der Waals surface area contributed by atoms with Crippen molar-refractivity contribution in [3.05, 3.63) is 64.9 Å². The van der Waals surface area contributed by atoms with E-state index in [1.54, 1.807) is 5.94 Å². The van der Waals surface area contributed by atoms with Gasteiger partial charge in [-0.2, -0.15) is 13.2 Å². The average molecular weight is 312 g/mol. The van der Waals surface area contributed by atoms with Gasteiger partial charge in [-0.1, -0.05) is 0 Å². The zero-order chi connectivity index (χ0) is 16.3. The summed E-state index contributed by atoms with van der Waals surface area (Å²) in [6.45, 7) is 0. The van der Waals surface area contributed by atoms with E-state index < -0.39 is 29.0 Å². The van der Waals surface area contributed by atoms with Gasteiger partial charge in [-0.15, -0.1) is 0 Å². The molecule has 1 aliphatic heterocycles. The molecular formula is C14H8F4N2O2. The Morgan fingerprint density at radius 3 is 2.59 bits per heavy atom. The number of allylic oxidation sites excluding steroid dienone is 2. The highest BCUT2D eigenvalue weighted by atomic mass is 19.4. The molecule has 0 saturated carbocycles. The lowest BCUT2D eigenvalue weighted by Crippen LogP contribution is -2.25. The molecule has 1 amide bonds. The van der Waals surface area contributed by atoms with Gasteiger partial charge in [-0.25, -0.2) is 9.18 Å². The van der Waals surface area contributed by atoms with Gasteiger partial charge in [0.15, 0.2) is 5.94 Å². The second-order valence-corrected chi connectivity index (χ2v) is 4.24.